The van der Waals surface area contributed by atoms with Gasteiger partial charge in [-0.25, -0.2) is 8.78 Å². The van der Waals surface area contributed by atoms with Crippen LogP contribution in [0.2, 0.25) is 0 Å². The van der Waals surface area contributed by atoms with E-state index in [2.05, 4.69) is 36.9 Å². The lowest BCUT2D eigenvalue weighted by molar-refractivity contribution is -0.136. The molecule has 6 heteroatoms. The molecule has 2 aliphatic rings. The SMILES string of the molecule is CC(F)(F)c1ccc(-c2ccc3c(c2)CN(CC(=O)N2CCOCC2)CCC3(C)C)cc1. The molecule has 0 aliphatic carbocycles. The van der Waals surface area contributed by atoms with Crippen molar-refractivity contribution in [2.24, 2.45) is 0 Å². The minimum Gasteiger partial charge on any atom is -0.378 e. The molecule has 2 heterocycles. The number of ether oxygens (including phenoxy) is 1. The number of halogens is 2. The molecule has 2 aromatic carbocycles. The lowest BCUT2D eigenvalue weighted by Gasteiger charge is -2.30. The van der Waals surface area contributed by atoms with Gasteiger partial charge in [0.15, 0.2) is 0 Å². The summed E-state index contributed by atoms with van der Waals surface area (Å²) in [7, 11) is 0. The predicted molar refractivity (Wildman–Crippen MR) is 122 cm³/mol. The molecule has 1 amide bonds. The fourth-order valence-electron chi connectivity index (χ4n) is 4.65. The maximum atomic E-state index is 13.6. The van der Waals surface area contributed by atoms with Crippen molar-refractivity contribution in [2.45, 2.75) is 45.1 Å². The standard InChI is InChI=1S/C26H32F2N2O2/c1-25(2)10-11-29(18-24(31)30-12-14-32-15-13-30)17-21-16-20(6-9-23(21)25)19-4-7-22(8-5-19)26(3,27)28/h4-9,16H,10-15,17-18H2,1-3H3. The van der Waals surface area contributed by atoms with E-state index < -0.39 is 5.92 Å². The Morgan fingerprint density at radius 1 is 1.03 bits per heavy atom. The van der Waals surface area contributed by atoms with Crippen molar-refractivity contribution in [3.05, 3.63) is 59.2 Å². The van der Waals surface area contributed by atoms with Crippen molar-refractivity contribution >= 4 is 5.91 Å². The molecule has 0 bridgehead atoms. The Labute approximate surface area is 189 Å². The summed E-state index contributed by atoms with van der Waals surface area (Å²) in [6.45, 7) is 9.90. The second-order valence-electron chi connectivity index (χ2n) is 9.68. The topological polar surface area (TPSA) is 32.8 Å². The number of amides is 1. The fourth-order valence-corrected chi connectivity index (χ4v) is 4.65. The second-order valence-corrected chi connectivity index (χ2v) is 9.68. The molecular weight excluding hydrogens is 410 g/mol. The largest absolute Gasteiger partial charge is 0.378 e. The van der Waals surface area contributed by atoms with E-state index in [0.717, 1.165) is 31.0 Å². The van der Waals surface area contributed by atoms with Crippen molar-refractivity contribution in [2.75, 3.05) is 39.4 Å². The van der Waals surface area contributed by atoms with Crippen molar-refractivity contribution in [1.29, 1.82) is 0 Å². The van der Waals surface area contributed by atoms with E-state index >= 15 is 0 Å². The average molecular weight is 443 g/mol. The first-order chi connectivity index (χ1) is 15.1. The third-order valence-electron chi connectivity index (χ3n) is 6.73. The number of morpholine rings is 1. The van der Waals surface area contributed by atoms with E-state index in [-0.39, 0.29) is 16.9 Å². The molecule has 0 unspecified atom stereocenters. The van der Waals surface area contributed by atoms with Crippen LogP contribution in [0.3, 0.4) is 0 Å². The van der Waals surface area contributed by atoms with Crippen LogP contribution in [0.5, 0.6) is 0 Å². The molecule has 4 rings (SSSR count). The van der Waals surface area contributed by atoms with E-state index in [9.17, 15) is 13.6 Å². The summed E-state index contributed by atoms with van der Waals surface area (Å²) in [5.41, 5.74) is 4.43. The number of benzene rings is 2. The molecule has 2 aliphatic heterocycles. The van der Waals surface area contributed by atoms with Gasteiger partial charge in [-0.15, -0.1) is 0 Å². The maximum Gasteiger partial charge on any atom is 0.270 e. The summed E-state index contributed by atoms with van der Waals surface area (Å²) in [4.78, 5) is 16.9. The molecule has 32 heavy (non-hydrogen) atoms. The summed E-state index contributed by atoms with van der Waals surface area (Å²) in [5, 5.41) is 0. The minimum atomic E-state index is -2.84. The van der Waals surface area contributed by atoms with Crippen LogP contribution in [0.1, 0.15) is 43.9 Å². The van der Waals surface area contributed by atoms with Gasteiger partial charge in [0.05, 0.1) is 19.8 Å². The molecule has 0 aromatic heterocycles. The first-order valence-electron chi connectivity index (χ1n) is 11.3. The second kappa shape index (κ2) is 8.91. The van der Waals surface area contributed by atoms with Crippen LogP contribution < -0.4 is 0 Å². The summed E-state index contributed by atoms with van der Waals surface area (Å²) in [6, 6.07) is 12.9. The van der Waals surface area contributed by atoms with Gasteiger partial charge in [0.2, 0.25) is 5.91 Å². The molecule has 4 nitrogen and oxygen atoms in total. The van der Waals surface area contributed by atoms with Gasteiger partial charge in [-0.1, -0.05) is 50.2 Å². The van der Waals surface area contributed by atoms with Gasteiger partial charge >= 0.3 is 0 Å². The van der Waals surface area contributed by atoms with E-state index in [1.54, 1.807) is 12.1 Å². The molecule has 0 radical (unpaired) electrons. The summed E-state index contributed by atoms with van der Waals surface area (Å²) in [6.07, 6.45) is 0.968. The van der Waals surface area contributed by atoms with Crippen LogP contribution in [0.15, 0.2) is 42.5 Å². The number of nitrogens with zero attached hydrogens (tertiary/aromatic N) is 2. The molecule has 0 saturated carbocycles. The highest BCUT2D eigenvalue weighted by atomic mass is 19.3. The van der Waals surface area contributed by atoms with Gasteiger partial charge in [0, 0.05) is 32.1 Å². The third-order valence-corrected chi connectivity index (χ3v) is 6.73. The van der Waals surface area contributed by atoms with Crippen LogP contribution in [0, 0.1) is 0 Å². The lowest BCUT2D eigenvalue weighted by Crippen LogP contribution is -2.45. The number of hydrogen-bond acceptors (Lipinski definition) is 3. The fraction of sp³-hybridized carbons (Fsp3) is 0.500. The normalized spacial score (nSPS) is 19.3. The Morgan fingerprint density at radius 2 is 1.69 bits per heavy atom. The Hall–Kier alpha value is -2.31. The lowest BCUT2D eigenvalue weighted by atomic mass is 9.79. The summed E-state index contributed by atoms with van der Waals surface area (Å²) >= 11 is 0. The molecule has 0 spiro atoms. The zero-order valence-electron chi connectivity index (χ0n) is 19.2. The maximum absolute atomic E-state index is 13.6. The molecule has 2 aromatic rings. The van der Waals surface area contributed by atoms with Crippen LogP contribution in [-0.2, 0) is 27.4 Å². The van der Waals surface area contributed by atoms with Crippen molar-refractivity contribution in [3.63, 3.8) is 0 Å². The first kappa shape index (κ1) is 22.9. The zero-order chi connectivity index (χ0) is 22.9. The first-order valence-corrected chi connectivity index (χ1v) is 11.3. The van der Waals surface area contributed by atoms with E-state index in [4.69, 9.17) is 4.74 Å². The Kier molecular flexibility index (Phi) is 6.37. The number of rotatable bonds is 4. The van der Waals surface area contributed by atoms with Crippen LogP contribution in [0.4, 0.5) is 8.78 Å². The smallest absolute Gasteiger partial charge is 0.270 e. The number of carbonyl (C=O) groups excluding carboxylic acids is 1. The van der Waals surface area contributed by atoms with Gasteiger partial charge in [0.1, 0.15) is 0 Å². The van der Waals surface area contributed by atoms with Gasteiger partial charge in [-0.2, -0.15) is 0 Å². The van der Waals surface area contributed by atoms with Gasteiger partial charge in [-0.05, 0) is 46.7 Å². The average Bonchev–Trinajstić information content (AvgIpc) is 2.89. The van der Waals surface area contributed by atoms with Crippen LogP contribution in [-0.4, -0.2) is 55.1 Å². The Bertz CT molecular complexity index is 961. The highest BCUT2D eigenvalue weighted by Gasteiger charge is 2.30. The highest BCUT2D eigenvalue weighted by molar-refractivity contribution is 5.78. The molecular formula is C26H32F2N2O2. The van der Waals surface area contributed by atoms with E-state index in [1.165, 1.54) is 23.3 Å². The Balaban J connectivity index is 1.57. The molecule has 172 valence electrons. The Morgan fingerprint density at radius 3 is 2.34 bits per heavy atom. The van der Waals surface area contributed by atoms with Crippen molar-refractivity contribution in [3.8, 4) is 11.1 Å². The van der Waals surface area contributed by atoms with Gasteiger partial charge in [0.25, 0.3) is 5.92 Å². The number of fused-ring (bicyclic) bond motifs is 1. The highest BCUT2D eigenvalue weighted by Crippen LogP contribution is 2.36. The van der Waals surface area contributed by atoms with Gasteiger partial charge in [-0.3, -0.25) is 9.69 Å². The molecule has 0 N–H and O–H groups in total. The van der Waals surface area contributed by atoms with Gasteiger partial charge < -0.3 is 9.64 Å². The monoisotopic (exact) mass is 442 g/mol. The summed E-state index contributed by atoms with van der Waals surface area (Å²) in [5.74, 6) is -2.69. The summed E-state index contributed by atoms with van der Waals surface area (Å²) < 4.78 is 32.5. The van der Waals surface area contributed by atoms with E-state index in [1.807, 2.05) is 4.90 Å². The quantitative estimate of drug-likeness (QED) is 0.682. The molecule has 1 fully saturated rings. The number of carbonyl (C=O) groups is 1. The number of alkyl halides is 2. The molecule has 0 atom stereocenters. The van der Waals surface area contributed by atoms with E-state index in [0.29, 0.717) is 39.4 Å². The predicted octanol–water partition coefficient (Wildman–Crippen LogP) is 4.81. The third kappa shape index (κ3) is 5.02. The van der Waals surface area contributed by atoms with Crippen LogP contribution in [0.25, 0.3) is 11.1 Å². The van der Waals surface area contributed by atoms with Crippen molar-refractivity contribution < 1.29 is 18.3 Å². The molecule has 1 saturated heterocycles. The zero-order valence-corrected chi connectivity index (χ0v) is 19.2. The van der Waals surface area contributed by atoms with Crippen LogP contribution >= 0.6 is 0 Å². The van der Waals surface area contributed by atoms with Crippen molar-refractivity contribution in [1.82, 2.24) is 9.80 Å². The number of hydrogen-bond donors (Lipinski definition) is 0. The minimum absolute atomic E-state index is 0.00124.